The fourth-order valence-electron chi connectivity index (χ4n) is 1.42. The lowest BCUT2D eigenvalue weighted by Gasteiger charge is -2.06. The first-order valence-electron chi connectivity index (χ1n) is 5.56. The summed E-state index contributed by atoms with van der Waals surface area (Å²) in [4.78, 5) is 15.7. The van der Waals surface area contributed by atoms with E-state index < -0.39 is 10.0 Å². The molecule has 0 bridgehead atoms. The molecule has 1 amide bonds. The highest BCUT2D eigenvalue weighted by Gasteiger charge is 2.07. The minimum Gasteiger partial charge on any atom is -0.356 e. The summed E-state index contributed by atoms with van der Waals surface area (Å²) in [6.07, 6.45) is 2.14. The van der Waals surface area contributed by atoms with Crippen molar-refractivity contribution in [1.29, 1.82) is 0 Å². The highest BCUT2D eigenvalue weighted by atomic mass is 32.2. The molecule has 0 fully saturated rings. The van der Waals surface area contributed by atoms with Crippen molar-refractivity contribution in [2.45, 2.75) is 19.8 Å². The molecule has 7 heteroatoms. The van der Waals surface area contributed by atoms with Gasteiger partial charge in [0, 0.05) is 12.7 Å². The van der Waals surface area contributed by atoms with Gasteiger partial charge in [-0.2, -0.15) is 0 Å². The van der Waals surface area contributed by atoms with Gasteiger partial charge in [0.1, 0.15) is 0 Å². The third-order valence-corrected chi connectivity index (χ3v) is 3.23. The zero-order chi connectivity index (χ0) is 13.6. The number of carbonyl (C=O) groups excluding carboxylic acids is 1. The van der Waals surface area contributed by atoms with Crippen LogP contribution in [-0.2, 0) is 21.2 Å². The van der Waals surface area contributed by atoms with Gasteiger partial charge < -0.3 is 5.32 Å². The molecule has 0 aromatic carbocycles. The first-order valence-corrected chi connectivity index (χ1v) is 7.28. The van der Waals surface area contributed by atoms with Gasteiger partial charge in [-0.1, -0.05) is 6.07 Å². The number of rotatable bonds is 6. The molecule has 1 aromatic rings. The summed E-state index contributed by atoms with van der Waals surface area (Å²) in [5.41, 5.74) is 1.68. The molecule has 0 aliphatic heterocycles. The maximum absolute atomic E-state index is 11.6. The molecule has 6 nitrogen and oxygen atoms in total. The first kappa shape index (κ1) is 14.6. The van der Waals surface area contributed by atoms with Gasteiger partial charge in [-0.15, -0.1) is 0 Å². The van der Waals surface area contributed by atoms with Gasteiger partial charge in [0.25, 0.3) is 0 Å². The van der Waals surface area contributed by atoms with E-state index in [1.807, 2.05) is 19.1 Å². The number of primary sulfonamides is 1. The molecule has 100 valence electrons. The van der Waals surface area contributed by atoms with Crippen LogP contribution in [0.15, 0.2) is 18.3 Å². The lowest BCUT2D eigenvalue weighted by molar-refractivity contribution is -0.120. The van der Waals surface area contributed by atoms with E-state index in [0.29, 0.717) is 13.0 Å². The quantitative estimate of drug-likeness (QED) is 0.695. The summed E-state index contributed by atoms with van der Waals surface area (Å²) >= 11 is 0. The fraction of sp³-hybridized carbons (Fsp3) is 0.455. The van der Waals surface area contributed by atoms with Crippen LogP contribution >= 0.6 is 0 Å². The molecule has 1 heterocycles. The number of aryl methyl sites for hydroxylation is 1. The summed E-state index contributed by atoms with van der Waals surface area (Å²) in [5, 5.41) is 7.48. The van der Waals surface area contributed by atoms with Crippen LogP contribution in [0.3, 0.4) is 0 Å². The second-order valence-electron chi connectivity index (χ2n) is 4.01. The minimum absolute atomic E-state index is 0.129. The molecule has 0 saturated heterocycles. The predicted molar refractivity (Wildman–Crippen MR) is 68.3 cm³/mol. The number of sulfonamides is 1. The summed E-state index contributed by atoms with van der Waals surface area (Å²) in [7, 11) is -3.45. The molecule has 0 atom stereocenters. The Morgan fingerprint density at radius 1 is 1.50 bits per heavy atom. The highest BCUT2D eigenvalue weighted by Crippen LogP contribution is 2.03. The third kappa shape index (κ3) is 5.74. The molecule has 3 N–H and O–H groups in total. The number of hydrogen-bond acceptors (Lipinski definition) is 4. The van der Waals surface area contributed by atoms with Crippen molar-refractivity contribution >= 4 is 15.9 Å². The summed E-state index contributed by atoms with van der Waals surface area (Å²) in [6.45, 7) is 2.18. The molecule has 0 aliphatic rings. The number of carbonyl (C=O) groups is 1. The Morgan fingerprint density at radius 2 is 2.22 bits per heavy atom. The van der Waals surface area contributed by atoms with Gasteiger partial charge in [-0.25, -0.2) is 13.6 Å². The number of nitrogens with one attached hydrogen (secondary N) is 1. The van der Waals surface area contributed by atoms with Crippen LogP contribution in [-0.4, -0.2) is 31.6 Å². The lowest BCUT2D eigenvalue weighted by Crippen LogP contribution is -2.28. The smallest absolute Gasteiger partial charge is 0.226 e. The number of nitrogens with zero attached hydrogens (tertiary/aromatic N) is 1. The van der Waals surface area contributed by atoms with E-state index in [4.69, 9.17) is 5.14 Å². The van der Waals surface area contributed by atoms with E-state index in [2.05, 4.69) is 10.3 Å². The zero-order valence-corrected chi connectivity index (χ0v) is 11.0. The first-order chi connectivity index (χ1) is 8.38. The predicted octanol–water partition coefficient (Wildman–Crippen LogP) is -0.273. The molecule has 1 aromatic heterocycles. The Labute approximate surface area is 107 Å². The monoisotopic (exact) mass is 271 g/mol. The molecule has 0 saturated carbocycles. The zero-order valence-electron chi connectivity index (χ0n) is 10.2. The normalized spacial score (nSPS) is 11.2. The fourth-order valence-corrected chi connectivity index (χ4v) is 1.97. The van der Waals surface area contributed by atoms with Gasteiger partial charge in [-0.3, -0.25) is 9.78 Å². The molecule has 1 rings (SSSR count). The number of nitrogens with two attached hydrogens (primary N) is 1. The van der Waals surface area contributed by atoms with Crippen molar-refractivity contribution in [3.8, 4) is 0 Å². The summed E-state index contributed by atoms with van der Waals surface area (Å²) in [5.74, 6) is -0.304. The number of pyridine rings is 1. The molecular formula is C11H17N3O3S. The summed E-state index contributed by atoms with van der Waals surface area (Å²) in [6, 6.07) is 3.69. The van der Waals surface area contributed by atoms with Crippen molar-refractivity contribution < 1.29 is 13.2 Å². The van der Waals surface area contributed by atoms with Crippen molar-refractivity contribution in [1.82, 2.24) is 10.3 Å². The largest absolute Gasteiger partial charge is 0.356 e. The van der Waals surface area contributed by atoms with Crippen LogP contribution in [0.25, 0.3) is 0 Å². The van der Waals surface area contributed by atoms with Gasteiger partial charge in [0.15, 0.2) is 0 Å². The number of amides is 1. The van der Waals surface area contributed by atoms with E-state index in [9.17, 15) is 13.2 Å². The Kier molecular flexibility index (Phi) is 5.24. The van der Waals surface area contributed by atoms with E-state index in [1.165, 1.54) is 0 Å². The van der Waals surface area contributed by atoms with Crippen molar-refractivity contribution in [3.05, 3.63) is 29.6 Å². The summed E-state index contributed by atoms with van der Waals surface area (Å²) < 4.78 is 21.3. The molecule has 0 radical (unpaired) electrons. The lowest BCUT2D eigenvalue weighted by atomic mass is 10.1. The SMILES string of the molecule is Cc1cccnc1CC(=O)NCCCS(N)(=O)=O. The standard InChI is InChI=1S/C11H17N3O3S/c1-9-4-2-5-13-10(9)8-11(15)14-6-3-7-18(12,16)17/h2,4-5H,3,6-8H2,1H3,(H,14,15)(H2,12,16,17). The van der Waals surface area contributed by atoms with E-state index in [0.717, 1.165) is 11.3 Å². The van der Waals surface area contributed by atoms with Crippen molar-refractivity contribution in [2.24, 2.45) is 5.14 Å². The van der Waals surface area contributed by atoms with Gasteiger partial charge >= 0.3 is 0 Å². The Bertz CT molecular complexity index is 514. The molecule has 18 heavy (non-hydrogen) atoms. The van der Waals surface area contributed by atoms with Crippen LogP contribution in [0.1, 0.15) is 17.7 Å². The molecule has 0 aliphatic carbocycles. The number of hydrogen-bond donors (Lipinski definition) is 2. The molecular weight excluding hydrogens is 254 g/mol. The van der Waals surface area contributed by atoms with Gasteiger partial charge in [0.05, 0.1) is 17.9 Å². The van der Waals surface area contributed by atoms with E-state index >= 15 is 0 Å². The Hall–Kier alpha value is -1.47. The average molecular weight is 271 g/mol. The van der Waals surface area contributed by atoms with Gasteiger partial charge in [-0.05, 0) is 25.0 Å². The third-order valence-electron chi connectivity index (χ3n) is 2.37. The maximum atomic E-state index is 11.6. The van der Waals surface area contributed by atoms with Crippen molar-refractivity contribution in [2.75, 3.05) is 12.3 Å². The average Bonchev–Trinajstić information content (AvgIpc) is 2.26. The van der Waals surface area contributed by atoms with E-state index in [1.54, 1.807) is 6.20 Å². The Balaban J connectivity index is 2.33. The maximum Gasteiger partial charge on any atom is 0.226 e. The van der Waals surface area contributed by atoms with E-state index in [-0.39, 0.29) is 18.1 Å². The minimum atomic E-state index is -3.45. The van der Waals surface area contributed by atoms with Crippen LogP contribution in [0, 0.1) is 6.92 Å². The second kappa shape index (κ2) is 6.46. The Morgan fingerprint density at radius 3 is 2.83 bits per heavy atom. The van der Waals surface area contributed by atoms with Crippen LogP contribution in [0.5, 0.6) is 0 Å². The molecule has 0 spiro atoms. The second-order valence-corrected chi connectivity index (χ2v) is 5.75. The van der Waals surface area contributed by atoms with Crippen LogP contribution in [0.2, 0.25) is 0 Å². The van der Waals surface area contributed by atoms with Gasteiger partial charge in [0.2, 0.25) is 15.9 Å². The van der Waals surface area contributed by atoms with Crippen LogP contribution < -0.4 is 10.5 Å². The number of aromatic nitrogens is 1. The highest BCUT2D eigenvalue weighted by molar-refractivity contribution is 7.89. The van der Waals surface area contributed by atoms with Crippen LogP contribution in [0.4, 0.5) is 0 Å². The topological polar surface area (TPSA) is 102 Å². The van der Waals surface area contributed by atoms with Crippen molar-refractivity contribution in [3.63, 3.8) is 0 Å². The molecule has 0 unspecified atom stereocenters.